The predicted molar refractivity (Wildman–Crippen MR) is 94.5 cm³/mol. The van der Waals surface area contributed by atoms with E-state index in [2.05, 4.69) is 25.5 Å². The van der Waals surface area contributed by atoms with Crippen LogP contribution in [-0.4, -0.2) is 64.8 Å². The number of nitrogens with zero attached hydrogens (tertiary/aromatic N) is 3. The molecule has 4 rings (SSSR count). The highest BCUT2D eigenvalue weighted by atomic mass is 16.5. The number of fused-ring (bicyclic) bond motifs is 2. The molecule has 2 aliphatic rings. The van der Waals surface area contributed by atoms with E-state index in [9.17, 15) is 14.4 Å². The molecule has 2 fully saturated rings. The minimum atomic E-state index is -0.470. The second-order valence-electron chi connectivity index (χ2n) is 7.13. The van der Waals surface area contributed by atoms with Crippen molar-refractivity contribution in [3.8, 4) is 0 Å². The van der Waals surface area contributed by atoms with Crippen LogP contribution in [0.25, 0.3) is 11.0 Å². The van der Waals surface area contributed by atoms with E-state index in [0.717, 1.165) is 12.8 Å². The number of carbonyl (C=O) groups is 3. The number of ether oxygens (including phenoxy) is 1. The van der Waals surface area contributed by atoms with Gasteiger partial charge < -0.3 is 15.0 Å². The number of aromatic nitrogens is 3. The van der Waals surface area contributed by atoms with E-state index in [1.807, 2.05) is 4.90 Å². The zero-order valence-corrected chi connectivity index (χ0v) is 15.0. The van der Waals surface area contributed by atoms with Gasteiger partial charge in [0, 0.05) is 24.6 Å². The summed E-state index contributed by atoms with van der Waals surface area (Å²) in [7, 11) is 1.29. The standard InChI is InChI=1S/C18H21N5O4/c1-27-16(24)8-19-17(25)12-6-10-4-5-23(9-13(10)12)18(26)11-2-3-14-15(7-11)21-22-20-14/h2-3,7,10,12-13H,4-6,8-9H2,1H3,(H,19,25)(H,20,21,22)/t10-,12-,13-/m1/s1. The first-order chi connectivity index (χ1) is 13.1. The van der Waals surface area contributed by atoms with Crippen molar-refractivity contribution in [1.82, 2.24) is 25.6 Å². The van der Waals surface area contributed by atoms with Crippen LogP contribution < -0.4 is 5.32 Å². The van der Waals surface area contributed by atoms with Gasteiger partial charge in [0.1, 0.15) is 17.6 Å². The van der Waals surface area contributed by atoms with Gasteiger partial charge in [-0.3, -0.25) is 14.4 Å². The zero-order valence-electron chi connectivity index (χ0n) is 15.0. The van der Waals surface area contributed by atoms with Crippen molar-refractivity contribution < 1.29 is 19.1 Å². The number of carbonyl (C=O) groups excluding carboxylic acids is 3. The van der Waals surface area contributed by atoms with Crippen LogP contribution in [0.3, 0.4) is 0 Å². The van der Waals surface area contributed by atoms with Gasteiger partial charge in [-0.05, 0) is 42.9 Å². The maximum absolute atomic E-state index is 12.9. The molecule has 3 atom stereocenters. The number of nitrogens with one attached hydrogen (secondary N) is 2. The number of amides is 2. The molecule has 2 amide bonds. The largest absolute Gasteiger partial charge is 0.468 e. The number of likely N-dealkylation sites (tertiary alicyclic amines) is 1. The Balaban J connectivity index is 1.40. The van der Waals surface area contributed by atoms with Crippen molar-refractivity contribution in [2.24, 2.45) is 17.8 Å². The van der Waals surface area contributed by atoms with E-state index in [-0.39, 0.29) is 30.2 Å². The Labute approximate surface area is 155 Å². The van der Waals surface area contributed by atoms with Crippen molar-refractivity contribution in [3.63, 3.8) is 0 Å². The summed E-state index contributed by atoms with van der Waals surface area (Å²) in [6.45, 7) is 1.12. The van der Waals surface area contributed by atoms with E-state index < -0.39 is 5.97 Å². The van der Waals surface area contributed by atoms with Crippen molar-refractivity contribution in [2.45, 2.75) is 12.8 Å². The summed E-state index contributed by atoms with van der Waals surface area (Å²) in [5.74, 6) is -0.229. The summed E-state index contributed by atoms with van der Waals surface area (Å²) in [5.41, 5.74) is 1.94. The Kier molecular flexibility index (Phi) is 4.51. The highest BCUT2D eigenvalue weighted by Crippen LogP contribution is 2.45. The topological polar surface area (TPSA) is 117 Å². The van der Waals surface area contributed by atoms with Crippen LogP contribution in [0.1, 0.15) is 23.2 Å². The molecule has 1 aliphatic heterocycles. The number of H-pyrrole nitrogens is 1. The first-order valence-corrected chi connectivity index (χ1v) is 9.01. The first kappa shape index (κ1) is 17.4. The lowest BCUT2D eigenvalue weighted by Gasteiger charge is -2.50. The van der Waals surface area contributed by atoms with Crippen LogP contribution in [0.2, 0.25) is 0 Å². The molecular weight excluding hydrogens is 350 g/mol. The molecule has 1 aromatic heterocycles. The smallest absolute Gasteiger partial charge is 0.325 e. The molecule has 27 heavy (non-hydrogen) atoms. The fraction of sp³-hybridized carbons (Fsp3) is 0.500. The van der Waals surface area contributed by atoms with Crippen LogP contribution >= 0.6 is 0 Å². The second kappa shape index (κ2) is 6.98. The van der Waals surface area contributed by atoms with Crippen LogP contribution in [0.15, 0.2) is 18.2 Å². The van der Waals surface area contributed by atoms with E-state index in [4.69, 9.17) is 0 Å². The Morgan fingerprint density at radius 2 is 2.11 bits per heavy atom. The van der Waals surface area contributed by atoms with Crippen molar-refractivity contribution in [1.29, 1.82) is 0 Å². The average molecular weight is 371 g/mol. The minimum absolute atomic E-state index is 0.0565. The molecule has 1 aromatic carbocycles. The SMILES string of the molecule is COC(=O)CNC(=O)[C@@H]1C[C@H]2CCN(C(=O)c3ccc4n[nH]nc4c3)C[C@H]21. The van der Waals surface area contributed by atoms with Crippen LogP contribution in [0, 0.1) is 17.8 Å². The quantitative estimate of drug-likeness (QED) is 0.749. The Bertz CT molecular complexity index is 895. The summed E-state index contributed by atoms with van der Waals surface area (Å²) < 4.78 is 4.54. The second-order valence-corrected chi connectivity index (χ2v) is 7.13. The number of esters is 1. The molecule has 0 unspecified atom stereocenters. The van der Waals surface area contributed by atoms with Crippen molar-refractivity contribution in [3.05, 3.63) is 23.8 Å². The molecule has 1 aliphatic carbocycles. The van der Waals surface area contributed by atoms with Crippen molar-refractivity contribution in [2.75, 3.05) is 26.7 Å². The highest BCUT2D eigenvalue weighted by Gasteiger charge is 2.48. The molecule has 0 spiro atoms. The lowest BCUT2D eigenvalue weighted by molar-refractivity contribution is -0.144. The van der Waals surface area contributed by atoms with Gasteiger partial charge in [-0.25, -0.2) is 0 Å². The Morgan fingerprint density at radius 1 is 1.30 bits per heavy atom. The highest BCUT2D eigenvalue weighted by molar-refractivity contribution is 5.97. The molecular formula is C18H21N5O4. The van der Waals surface area contributed by atoms with Gasteiger partial charge in [0.25, 0.3) is 5.91 Å². The molecule has 2 heterocycles. The van der Waals surface area contributed by atoms with E-state index in [0.29, 0.717) is 35.6 Å². The van der Waals surface area contributed by atoms with Gasteiger partial charge in [-0.15, -0.1) is 0 Å². The molecule has 2 aromatic rings. The first-order valence-electron chi connectivity index (χ1n) is 9.01. The van der Waals surface area contributed by atoms with Crippen molar-refractivity contribution >= 4 is 28.8 Å². The number of rotatable bonds is 4. The number of benzene rings is 1. The van der Waals surface area contributed by atoms with Gasteiger partial charge in [-0.2, -0.15) is 15.4 Å². The number of piperidine rings is 1. The van der Waals surface area contributed by atoms with Gasteiger partial charge in [0.05, 0.1) is 7.11 Å². The number of methoxy groups -OCH3 is 1. The predicted octanol–water partition coefficient (Wildman–Crippen LogP) is 0.345. The third-order valence-electron chi connectivity index (χ3n) is 5.70. The summed E-state index contributed by atoms with van der Waals surface area (Å²) in [4.78, 5) is 38.2. The van der Waals surface area contributed by atoms with E-state index in [1.54, 1.807) is 18.2 Å². The summed E-state index contributed by atoms with van der Waals surface area (Å²) in [5, 5.41) is 13.2. The van der Waals surface area contributed by atoms with Gasteiger partial charge in [-0.1, -0.05) is 0 Å². The Morgan fingerprint density at radius 3 is 2.93 bits per heavy atom. The zero-order chi connectivity index (χ0) is 19.0. The maximum atomic E-state index is 12.9. The van der Waals surface area contributed by atoms with Gasteiger partial charge in [0.15, 0.2) is 0 Å². The molecule has 9 nitrogen and oxygen atoms in total. The monoisotopic (exact) mass is 371 g/mol. The fourth-order valence-electron chi connectivity index (χ4n) is 4.09. The van der Waals surface area contributed by atoms with Gasteiger partial charge in [0.2, 0.25) is 5.91 Å². The number of aromatic amines is 1. The number of hydrogen-bond acceptors (Lipinski definition) is 6. The molecule has 9 heteroatoms. The third-order valence-corrected chi connectivity index (χ3v) is 5.70. The average Bonchev–Trinajstić information content (AvgIpc) is 3.14. The molecule has 0 bridgehead atoms. The molecule has 0 radical (unpaired) electrons. The molecule has 1 saturated carbocycles. The molecule has 142 valence electrons. The minimum Gasteiger partial charge on any atom is -0.468 e. The maximum Gasteiger partial charge on any atom is 0.325 e. The third kappa shape index (κ3) is 3.24. The fourth-order valence-corrected chi connectivity index (χ4v) is 4.09. The number of hydrogen-bond donors (Lipinski definition) is 2. The summed E-state index contributed by atoms with van der Waals surface area (Å²) in [6.07, 6.45) is 1.70. The molecule has 1 saturated heterocycles. The Hall–Kier alpha value is -2.97. The summed E-state index contributed by atoms with van der Waals surface area (Å²) in [6, 6.07) is 5.25. The van der Waals surface area contributed by atoms with E-state index >= 15 is 0 Å². The molecule has 2 N–H and O–H groups in total. The van der Waals surface area contributed by atoms with Gasteiger partial charge >= 0.3 is 5.97 Å². The summed E-state index contributed by atoms with van der Waals surface area (Å²) >= 11 is 0. The van der Waals surface area contributed by atoms with E-state index in [1.165, 1.54) is 7.11 Å². The lowest BCUT2D eigenvalue weighted by Crippen LogP contribution is -2.56. The normalized spacial score (nSPS) is 24.0. The lowest BCUT2D eigenvalue weighted by atomic mass is 9.61. The van der Waals surface area contributed by atoms with Crippen LogP contribution in [0.5, 0.6) is 0 Å². The van der Waals surface area contributed by atoms with Crippen LogP contribution in [-0.2, 0) is 14.3 Å². The van der Waals surface area contributed by atoms with Crippen LogP contribution in [0.4, 0.5) is 0 Å².